The molecule has 0 unspecified atom stereocenters. The van der Waals surface area contributed by atoms with Crippen LogP contribution in [-0.4, -0.2) is 23.8 Å². The first-order chi connectivity index (χ1) is 10.7. The van der Waals surface area contributed by atoms with Crippen molar-refractivity contribution >= 4 is 11.8 Å². The SMILES string of the molecule is Cc1cc(C)cc(NC2CCC(NC(=O)OC(C)(C)C)CC2)c1. The second-order valence-corrected chi connectivity index (χ2v) is 7.72. The summed E-state index contributed by atoms with van der Waals surface area (Å²) in [5, 5.41) is 6.62. The number of hydrogen-bond acceptors (Lipinski definition) is 3. The quantitative estimate of drug-likeness (QED) is 0.859. The normalized spacial score (nSPS) is 21.6. The summed E-state index contributed by atoms with van der Waals surface area (Å²) in [6.45, 7) is 9.91. The lowest BCUT2D eigenvalue weighted by Crippen LogP contribution is -2.42. The molecule has 1 aliphatic carbocycles. The van der Waals surface area contributed by atoms with E-state index in [2.05, 4.69) is 42.7 Å². The van der Waals surface area contributed by atoms with Gasteiger partial charge in [0.25, 0.3) is 0 Å². The average molecular weight is 318 g/mol. The van der Waals surface area contributed by atoms with E-state index in [0.717, 1.165) is 25.7 Å². The first-order valence-electron chi connectivity index (χ1n) is 8.55. The Morgan fingerprint density at radius 3 is 2.04 bits per heavy atom. The van der Waals surface area contributed by atoms with Crippen LogP contribution in [0.1, 0.15) is 57.6 Å². The summed E-state index contributed by atoms with van der Waals surface area (Å²) in [4.78, 5) is 11.8. The van der Waals surface area contributed by atoms with E-state index in [0.29, 0.717) is 6.04 Å². The van der Waals surface area contributed by atoms with Crippen molar-refractivity contribution in [1.29, 1.82) is 0 Å². The Bertz CT molecular complexity index is 521. The van der Waals surface area contributed by atoms with Gasteiger partial charge in [0, 0.05) is 17.8 Å². The Hall–Kier alpha value is -1.71. The minimum absolute atomic E-state index is 0.224. The van der Waals surface area contributed by atoms with Crippen LogP contribution in [0.5, 0.6) is 0 Å². The highest BCUT2D eigenvalue weighted by Gasteiger charge is 2.24. The van der Waals surface area contributed by atoms with Crippen molar-refractivity contribution in [1.82, 2.24) is 5.32 Å². The summed E-state index contributed by atoms with van der Waals surface area (Å²) in [6.07, 6.45) is 3.80. The Kier molecular flexibility index (Phi) is 5.55. The van der Waals surface area contributed by atoms with Gasteiger partial charge in [0.1, 0.15) is 5.60 Å². The Balaban J connectivity index is 1.78. The van der Waals surface area contributed by atoms with Gasteiger partial charge in [-0.3, -0.25) is 0 Å². The van der Waals surface area contributed by atoms with Crippen molar-refractivity contribution in [3.05, 3.63) is 29.3 Å². The summed E-state index contributed by atoms with van der Waals surface area (Å²) in [6, 6.07) is 7.28. The van der Waals surface area contributed by atoms with Crippen LogP contribution in [-0.2, 0) is 4.74 Å². The molecule has 0 atom stereocenters. The second kappa shape index (κ2) is 7.24. The van der Waals surface area contributed by atoms with Gasteiger partial charge in [0.2, 0.25) is 0 Å². The molecule has 2 N–H and O–H groups in total. The van der Waals surface area contributed by atoms with Crippen molar-refractivity contribution in [2.75, 3.05) is 5.32 Å². The highest BCUT2D eigenvalue weighted by Crippen LogP contribution is 2.24. The Morgan fingerprint density at radius 1 is 1.00 bits per heavy atom. The Labute approximate surface area is 140 Å². The van der Waals surface area contributed by atoms with Crippen LogP contribution in [0.2, 0.25) is 0 Å². The molecule has 0 heterocycles. The first kappa shape index (κ1) is 17.6. The van der Waals surface area contributed by atoms with E-state index in [1.54, 1.807) is 0 Å². The maximum atomic E-state index is 11.8. The molecule has 128 valence electrons. The number of aryl methyl sites for hydroxylation is 2. The van der Waals surface area contributed by atoms with Crippen molar-refractivity contribution in [3.8, 4) is 0 Å². The zero-order valence-electron chi connectivity index (χ0n) is 15.0. The predicted molar refractivity (Wildman–Crippen MR) is 95.0 cm³/mol. The minimum Gasteiger partial charge on any atom is -0.444 e. The average Bonchev–Trinajstić information content (AvgIpc) is 2.37. The Morgan fingerprint density at radius 2 is 1.52 bits per heavy atom. The van der Waals surface area contributed by atoms with Crippen LogP contribution in [0.15, 0.2) is 18.2 Å². The molecule has 1 aliphatic rings. The van der Waals surface area contributed by atoms with E-state index in [-0.39, 0.29) is 12.1 Å². The van der Waals surface area contributed by atoms with E-state index < -0.39 is 5.60 Å². The fourth-order valence-corrected chi connectivity index (χ4v) is 3.15. The van der Waals surface area contributed by atoms with Crippen molar-refractivity contribution < 1.29 is 9.53 Å². The summed E-state index contributed by atoms with van der Waals surface area (Å²) < 4.78 is 5.32. The van der Waals surface area contributed by atoms with Gasteiger partial charge in [-0.25, -0.2) is 4.79 Å². The van der Waals surface area contributed by atoms with Crippen molar-refractivity contribution in [2.45, 2.75) is 78.0 Å². The molecule has 2 rings (SSSR count). The van der Waals surface area contributed by atoms with E-state index in [4.69, 9.17) is 4.74 Å². The molecule has 0 aromatic heterocycles. The number of amides is 1. The maximum absolute atomic E-state index is 11.8. The molecule has 0 aliphatic heterocycles. The maximum Gasteiger partial charge on any atom is 0.407 e. The molecule has 1 amide bonds. The number of rotatable bonds is 3. The van der Waals surface area contributed by atoms with Gasteiger partial charge in [-0.15, -0.1) is 0 Å². The third kappa shape index (κ3) is 6.12. The van der Waals surface area contributed by atoms with Gasteiger partial charge in [-0.2, -0.15) is 0 Å². The molecule has 1 fully saturated rings. The van der Waals surface area contributed by atoms with Crippen LogP contribution in [0, 0.1) is 13.8 Å². The monoisotopic (exact) mass is 318 g/mol. The number of carbonyl (C=O) groups is 1. The summed E-state index contributed by atoms with van der Waals surface area (Å²) in [5.41, 5.74) is 3.33. The fourth-order valence-electron chi connectivity index (χ4n) is 3.15. The standard InChI is InChI=1S/C19H30N2O2/c1-13-10-14(2)12-17(11-13)20-15-6-8-16(9-7-15)21-18(22)23-19(3,4)5/h10-12,15-16,20H,6-9H2,1-5H3,(H,21,22). The van der Waals surface area contributed by atoms with E-state index >= 15 is 0 Å². The highest BCUT2D eigenvalue weighted by atomic mass is 16.6. The van der Waals surface area contributed by atoms with Crippen molar-refractivity contribution in [2.24, 2.45) is 0 Å². The van der Waals surface area contributed by atoms with Crippen LogP contribution in [0.25, 0.3) is 0 Å². The fraction of sp³-hybridized carbons (Fsp3) is 0.632. The molecule has 23 heavy (non-hydrogen) atoms. The molecule has 1 saturated carbocycles. The zero-order valence-corrected chi connectivity index (χ0v) is 15.0. The molecule has 1 aromatic carbocycles. The lowest BCUT2D eigenvalue weighted by Gasteiger charge is -2.31. The molecular formula is C19H30N2O2. The summed E-state index contributed by atoms with van der Waals surface area (Å²) >= 11 is 0. The largest absolute Gasteiger partial charge is 0.444 e. The molecule has 0 saturated heterocycles. The number of hydrogen-bond donors (Lipinski definition) is 2. The second-order valence-electron chi connectivity index (χ2n) is 7.72. The van der Waals surface area contributed by atoms with Gasteiger partial charge < -0.3 is 15.4 Å². The molecule has 0 bridgehead atoms. The highest BCUT2D eigenvalue weighted by molar-refractivity contribution is 5.68. The van der Waals surface area contributed by atoms with Crippen LogP contribution >= 0.6 is 0 Å². The number of alkyl carbamates (subject to hydrolysis) is 1. The van der Waals surface area contributed by atoms with Gasteiger partial charge >= 0.3 is 6.09 Å². The van der Waals surface area contributed by atoms with Gasteiger partial charge in [-0.1, -0.05) is 6.07 Å². The zero-order chi connectivity index (χ0) is 17.0. The molecule has 0 radical (unpaired) electrons. The van der Waals surface area contributed by atoms with Gasteiger partial charge in [0.15, 0.2) is 0 Å². The van der Waals surface area contributed by atoms with Gasteiger partial charge in [0.05, 0.1) is 0 Å². The lowest BCUT2D eigenvalue weighted by atomic mass is 9.91. The van der Waals surface area contributed by atoms with Crippen LogP contribution in [0.3, 0.4) is 0 Å². The minimum atomic E-state index is -0.439. The molecule has 4 heteroatoms. The summed E-state index contributed by atoms with van der Waals surface area (Å²) in [7, 11) is 0. The summed E-state index contributed by atoms with van der Waals surface area (Å²) in [5.74, 6) is 0. The number of ether oxygens (including phenoxy) is 1. The molecule has 4 nitrogen and oxygen atoms in total. The molecular weight excluding hydrogens is 288 g/mol. The lowest BCUT2D eigenvalue weighted by molar-refractivity contribution is 0.0492. The number of carbonyl (C=O) groups excluding carboxylic acids is 1. The third-order valence-electron chi connectivity index (χ3n) is 4.04. The first-order valence-corrected chi connectivity index (χ1v) is 8.55. The van der Waals surface area contributed by atoms with E-state index in [9.17, 15) is 4.79 Å². The van der Waals surface area contributed by atoms with E-state index in [1.807, 2.05) is 20.8 Å². The van der Waals surface area contributed by atoms with Crippen LogP contribution in [0.4, 0.5) is 10.5 Å². The number of anilines is 1. The van der Waals surface area contributed by atoms with Crippen LogP contribution < -0.4 is 10.6 Å². The third-order valence-corrected chi connectivity index (χ3v) is 4.04. The smallest absolute Gasteiger partial charge is 0.407 e. The molecule has 1 aromatic rings. The molecule has 0 spiro atoms. The van der Waals surface area contributed by atoms with E-state index in [1.165, 1.54) is 16.8 Å². The number of benzene rings is 1. The van der Waals surface area contributed by atoms with Crippen molar-refractivity contribution in [3.63, 3.8) is 0 Å². The van der Waals surface area contributed by atoms with Gasteiger partial charge in [-0.05, 0) is 83.6 Å². The topological polar surface area (TPSA) is 50.4 Å². The number of nitrogens with one attached hydrogen (secondary N) is 2. The predicted octanol–water partition coefficient (Wildman–Crippen LogP) is 4.55.